The predicted octanol–water partition coefficient (Wildman–Crippen LogP) is 3.68. The van der Waals surface area contributed by atoms with Gasteiger partial charge in [0, 0.05) is 33.4 Å². The maximum atomic E-state index is 5.97. The third-order valence-electron chi connectivity index (χ3n) is 6.43. The molecule has 1 aromatic carbocycles. The van der Waals surface area contributed by atoms with Crippen molar-refractivity contribution in [2.75, 3.05) is 60.2 Å². The Labute approximate surface area is 194 Å². The zero-order valence-electron chi connectivity index (χ0n) is 20.8. The molecule has 0 spiro atoms. The number of hydrogen-bond donors (Lipinski definition) is 2. The molecule has 0 amide bonds. The highest BCUT2D eigenvalue weighted by molar-refractivity contribution is 5.79. The highest BCUT2D eigenvalue weighted by Gasteiger charge is 2.36. The molecule has 2 rings (SSSR count). The summed E-state index contributed by atoms with van der Waals surface area (Å²) in [6, 6.07) is 6.07. The summed E-state index contributed by atoms with van der Waals surface area (Å²) in [6.45, 7) is 13.2. The number of likely N-dealkylation sites (N-methyl/N-ethyl adjacent to an activating group) is 1. The lowest BCUT2D eigenvalue weighted by molar-refractivity contribution is 0.0732. The number of guanidine groups is 1. The molecule has 0 radical (unpaired) electrons. The van der Waals surface area contributed by atoms with Crippen LogP contribution in [0.5, 0.6) is 11.5 Å². The van der Waals surface area contributed by atoms with E-state index in [2.05, 4.69) is 42.4 Å². The fourth-order valence-corrected chi connectivity index (χ4v) is 4.05. The molecule has 1 aromatic rings. The number of ether oxygens (including phenoxy) is 3. The SMILES string of the molecule is CCNC(=NCc1ccc(OCCN(CC)CC)c(OC)c1)NCC1(CCOC)CCC1. The Balaban J connectivity index is 1.94. The Morgan fingerprint density at radius 2 is 1.84 bits per heavy atom. The summed E-state index contributed by atoms with van der Waals surface area (Å²) in [4.78, 5) is 7.14. The van der Waals surface area contributed by atoms with Crippen molar-refractivity contribution < 1.29 is 14.2 Å². The minimum absolute atomic E-state index is 0.347. The lowest BCUT2D eigenvalue weighted by Crippen LogP contribution is -2.46. The Morgan fingerprint density at radius 3 is 2.44 bits per heavy atom. The second-order valence-corrected chi connectivity index (χ2v) is 8.51. The van der Waals surface area contributed by atoms with Crippen molar-refractivity contribution in [3.63, 3.8) is 0 Å². The Bertz CT molecular complexity index is 688. The first-order chi connectivity index (χ1) is 15.6. The summed E-state index contributed by atoms with van der Waals surface area (Å²) in [5.74, 6) is 2.39. The number of benzene rings is 1. The Hall–Kier alpha value is -1.99. The van der Waals surface area contributed by atoms with Crippen LogP contribution >= 0.6 is 0 Å². The molecule has 0 aliphatic heterocycles. The van der Waals surface area contributed by atoms with E-state index in [0.29, 0.717) is 18.6 Å². The molecule has 0 bridgehead atoms. The molecular formula is C25H44N4O3. The van der Waals surface area contributed by atoms with Crippen LogP contribution in [0, 0.1) is 5.41 Å². The fourth-order valence-electron chi connectivity index (χ4n) is 4.05. The van der Waals surface area contributed by atoms with Crippen LogP contribution in [0.3, 0.4) is 0 Å². The molecule has 2 N–H and O–H groups in total. The van der Waals surface area contributed by atoms with E-state index in [1.165, 1.54) is 19.3 Å². The van der Waals surface area contributed by atoms with Gasteiger partial charge in [-0.2, -0.15) is 0 Å². The van der Waals surface area contributed by atoms with Crippen LogP contribution in [0.15, 0.2) is 23.2 Å². The van der Waals surface area contributed by atoms with Gasteiger partial charge in [0.1, 0.15) is 6.61 Å². The number of hydrogen-bond acceptors (Lipinski definition) is 5. The number of aliphatic imine (C=N–C) groups is 1. The maximum absolute atomic E-state index is 5.97. The topological polar surface area (TPSA) is 67.4 Å². The maximum Gasteiger partial charge on any atom is 0.191 e. The van der Waals surface area contributed by atoms with Crippen LogP contribution in [-0.4, -0.2) is 71.0 Å². The molecule has 0 atom stereocenters. The molecule has 7 nitrogen and oxygen atoms in total. The smallest absolute Gasteiger partial charge is 0.191 e. The number of methoxy groups -OCH3 is 2. The fraction of sp³-hybridized carbons (Fsp3) is 0.720. The molecule has 32 heavy (non-hydrogen) atoms. The van der Waals surface area contributed by atoms with Gasteiger partial charge in [0.2, 0.25) is 0 Å². The van der Waals surface area contributed by atoms with Crippen LogP contribution < -0.4 is 20.1 Å². The summed E-state index contributed by atoms with van der Waals surface area (Å²) in [5.41, 5.74) is 1.44. The van der Waals surface area contributed by atoms with E-state index in [-0.39, 0.29) is 0 Å². The van der Waals surface area contributed by atoms with Gasteiger partial charge < -0.3 is 29.7 Å². The minimum atomic E-state index is 0.347. The summed E-state index contributed by atoms with van der Waals surface area (Å²) >= 11 is 0. The highest BCUT2D eigenvalue weighted by Crippen LogP contribution is 2.43. The van der Waals surface area contributed by atoms with E-state index in [1.807, 2.05) is 12.1 Å². The van der Waals surface area contributed by atoms with Gasteiger partial charge in [-0.05, 0) is 62.4 Å². The van der Waals surface area contributed by atoms with E-state index in [1.54, 1.807) is 14.2 Å². The van der Waals surface area contributed by atoms with Crippen LogP contribution in [-0.2, 0) is 11.3 Å². The minimum Gasteiger partial charge on any atom is -0.493 e. The normalized spacial score (nSPS) is 15.4. The summed E-state index contributed by atoms with van der Waals surface area (Å²) in [6.07, 6.45) is 4.93. The average molecular weight is 449 g/mol. The van der Waals surface area contributed by atoms with Gasteiger partial charge in [-0.15, -0.1) is 0 Å². The van der Waals surface area contributed by atoms with Crippen LogP contribution in [0.1, 0.15) is 52.0 Å². The van der Waals surface area contributed by atoms with E-state index in [4.69, 9.17) is 19.2 Å². The summed E-state index contributed by atoms with van der Waals surface area (Å²) < 4.78 is 16.9. The van der Waals surface area contributed by atoms with Crippen LogP contribution in [0.2, 0.25) is 0 Å². The number of nitrogens with one attached hydrogen (secondary N) is 2. The predicted molar refractivity (Wildman–Crippen MR) is 132 cm³/mol. The first-order valence-corrected chi connectivity index (χ1v) is 12.1. The first-order valence-electron chi connectivity index (χ1n) is 12.1. The molecule has 1 saturated carbocycles. The monoisotopic (exact) mass is 448 g/mol. The molecule has 182 valence electrons. The molecule has 0 heterocycles. The van der Waals surface area contributed by atoms with Crippen molar-refractivity contribution in [3.05, 3.63) is 23.8 Å². The van der Waals surface area contributed by atoms with Crippen LogP contribution in [0.25, 0.3) is 0 Å². The van der Waals surface area contributed by atoms with Crippen molar-refractivity contribution in [2.24, 2.45) is 10.4 Å². The van der Waals surface area contributed by atoms with Gasteiger partial charge in [-0.3, -0.25) is 0 Å². The lowest BCUT2D eigenvalue weighted by atomic mass is 9.67. The van der Waals surface area contributed by atoms with Crippen molar-refractivity contribution in [1.29, 1.82) is 0 Å². The lowest BCUT2D eigenvalue weighted by Gasteiger charge is -2.42. The zero-order chi connectivity index (χ0) is 23.2. The van der Waals surface area contributed by atoms with Gasteiger partial charge in [0.05, 0.1) is 13.7 Å². The molecule has 1 fully saturated rings. The Morgan fingerprint density at radius 1 is 1.06 bits per heavy atom. The van der Waals surface area contributed by atoms with E-state index >= 15 is 0 Å². The molecular weight excluding hydrogens is 404 g/mol. The van der Waals surface area contributed by atoms with Crippen molar-refractivity contribution in [1.82, 2.24) is 15.5 Å². The third-order valence-corrected chi connectivity index (χ3v) is 6.43. The second-order valence-electron chi connectivity index (χ2n) is 8.51. The van der Waals surface area contributed by atoms with Crippen molar-refractivity contribution in [3.8, 4) is 11.5 Å². The summed E-state index contributed by atoms with van der Waals surface area (Å²) in [5, 5.41) is 6.92. The molecule has 0 saturated heterocycles. The van der Waals surface area contributed by atoms with Gasteiger partial charge >= 0.3 is 0 Å². The molecule has 0 aromatic heterocycles. The van der Waals surface area contributed by atoms with Gasteiger partial charge in [0.15, 0.2) is 17.5 Å². The average Bonchev–Trinajstić information content (AvgIpc) is 2.79. The quantitative estimate of drug-likeness (QED) is 0.315. The number of nitrogens with zero attached hydrogens (tertiary/aromatic N) is 2. The van der Waals surface area contributed by atoms with Crippen molar-refractivity contribution in [2.45, 2.75) is 53.0 Å². The molecule has 1 aliphatic rings. The molecule has 0 unspecified atom stereocenters. The largest absolute Gasteiger partial charge is 0.493 e. The number of rotatable bonds is 15. The highest BCUT2D eigenvalue weighted by atomic mass is 16.5. The van der Waals surface area contributed by atoms with Gasteiger partial charge in [-0.25, -0.2) is 4.99 Å². The third kappa shape index (κ3) is 8.17. The Kier molecular flexibility index (Phi) is 11.7. The molecule has 1 aliphatic carbocycles. The second kappa shape index (κ2) is 14.2. The zero-order valence-corrected chi connectivity index (χ0v) is 20.8. The van der Waals surface area contributed by atoms with Gasteiger partial charge in [0.25, 0.3) is 0 Å². The van der Waals surface area contributed by atoms with Crippen LogP contribution in [0.4, 0.5) is 0 Å². The van der Waals surface area contributed by atoms with Crippen molar-refractivity contribution >= 4 is 5.96 Å². The van der Waals surface area contributed by atoms with Gasteiger partial charge in [-0.1, -0.05) is 26.3 Å². The first kappa shape index (κ1) is 26.3. The van der Waals surface area contributed by atoms with E-state index < -0.39 is 0 Å². The summed E-state index contributed by atoms with van der Waals surface area (Å²) in [7, 11) is 3.46. The molecule has 7 heteroatoms. The van der Waals surface area contributed by atoms with E-state index in [9.17, 15) is 0 Å². The standard InChI is InChI=1S/C25H44N4O3/c1-6-26-24(28-20-25(12-9-13-25)14-16-30-4)27-19-21-10-11-22(23(18-21)31-5)32-17-15-29(7-2)8-3/h10-11,18H,6-9,12-17,19-20H2,1-5H3,(H2,26,27,28). The van der Waals surface area contributed by atoms with E-state index in [0.717, 1.165) is 68.8 Å².